The summed E-state index contributed by atoms with van der Waals surface area (Å²) in [6.45, 7) is 3.01. The summed E-state index contributed by atoms with van der Waals surface area (Å²) >= 11 is 1.97. The Kier molecular flexibility index (Phi) is 6.79. The zero-order valence-electron chi connectivity index (χ0n) is 15.7. The molecule has 146 valence electrons. The summed E-state index contributed by atoms with van der Waals surface area (Å²) < 4.78 is 31.0. The van der Waals surface area contributed by atoms with Crippen LogP contribution in [-0.4, -0.2) is 40.1 Å². The van der Waals surface area contributed by atoms with E-state index in [0.717, 1.165) is 42.5 Å². The molecule has 3 rings (SSSR count). The number of allylic oxidation sites excluding steroid dienone is 1. The van der Waals surface area contributed by atoms with Crippen molar-refractivity contribution < 1.29 is 18.1 Å². The predicted molar refractivity (Wildman–Crippen MR) is 112 cm³/mol. The fourth-order valence-electron chi connectivity index (χ4n) is 3.18. The maximum absolute atomic E-state index is 12.8. The van der Waals surface area contributed by atoms with E-state index in [2.05, 4.69) is 0 Å². The summed E-state index contributed by atoms with van der Waals surface area (Å²) in [6, 6.07) is 15.4. The number of quaternary nitrogens is 1. The molecule has 2 aromatic rings. The molecule has 0 saturated carbocycles. The summed E-state index contributed by atoms with van der Waals surface area (Å²) in [5, 5.41) is 9.49. The molecule has 1 aliphatic heterocycles. The van der Waals surface area contributed by atoms with Gasteiger partial charge in [0.05, 0.1) is 25.1 Å². The summed E-state index contributed by atoms with van der Waals surface area (Å²) in [7, 11) is -2.21. The lowest BCUT2D eigenvalue weighted by molar-refractivity contribution is -0.910. The second-order valence-corrected chi connectivity index (χ2v) is 9.69. The van der Waals surface area contributed by atoms with Crippen molar-refractivity contribution >= 4 is 27.7 Å². The fraction of sp³-hybridized carbons (Fsp3) is 0.286. The number of nitrogens with zero attached hydrogens (tertiary/aromatic N) is 1. The first-order valence-corrected chi connectivity index (χ1v) is 11.7. The molecule has 0 spiro atoms. The second kappa shape index (κ2) is 9.28. The van der Waals surface area contributed by atoms with Gasteiger partial charge in [0.1, 0.15) is 23.3 Å². The Morgan fingerprint density at radius 3 is 2.57 bits per heavy atom. The van der Waals surface area contributed by atoms with Crippen LogP contribution in [-0.2, 0) is 16.4 Å². The molecule has 5 nitrogen and oxygen atoms in total. The first kappa shape index (κ1) is 20.5. The van der Waals surface area contributed by atoms with Gasteiger partial charge in [-0.1, -0.05) is 24.3 Å². The molecule has 7 heteroatoms. The molecule has 2 aromatic carbocycles. The molecular formula is C21H23N2O3S2+. The van der Waals surface area contributed by atoms with E-state index in [1.54, 1.807) is 31.4 Å². The lowest BCUT2D eigenvalue weighted by Crippen LogP contribution is -3.12. The van der Waals surface area contributed by atoms with Crippen molar-refractivity contribution in [1.29, 1.82) is 5.26 Å². The number of nitrogens with one attached hydrogen (secondary N) is 1. The number of ether oxygens (including phenoxy) is 1. The maximum atomic E-state index is 12.8. The van der Waals surface area contributed by atoms with Crippen molar-refractivity contribution in [3.8, 4) is 11.8 Å². The largest absolute Gasteiger partial charge is 0.496 e. The molecule has 0 unspecified atom stereocenters. The molecule has 1 aliphatic rings. The summed E-state index contributed by atoms with van der Waals surface area (Å²) in [5.41, 5.74) is 1.70. The van der Waals surface area contributed by atoms with E-state index in [1.807, 2.05) is 30.0 Å². The quantitative estimate of drug-likeness (QED) is 0.732. The number of sulfone groups is 1. The van der Waals surface area contributed by atoms with Gasteiger partial charge in [0.2, 0.25) is 9.84 Å². The van der Waals surface area contributed by atoms with Crippen molar-refractivity contribution in [1.82, 2.24) is 0 Å². The highest BCUT2D eigenvalue weighted by molar-refractivity contribution is 7.99. The molecule has 0 bridgehead atoms. The molecule has 1 fully saturated rings. The fourth-order valence-corrected chi connectivity index (χ4v) is 5.43. The van der Waals surface area contributed by atoms with Crippen molar-refractivity contribution in [3.63, 3.8) is 0 Å². The van der Waals surface area contributed by atoms with Crippen LogP contribution in [0.2, 0.25) is 0 Å². The Morgan fingerprint density at radius 1 is 1.21 bits per heavy atom. The number of hydrogen-bond acceptors (Lipinski definition) is 5. The normalized spacial score (nSPS) is 15.8. The molecule has 1 N–H and O–H groups in total. The molecule has 0 radical (unpaired) electrons. The first-order valence-electron chi connectivity index (χ1n) is 9.05. The number of rotatable bonds is 6. The van der Waals surface area contributed by atoms with Crippen LogP contribution in [0.3, 0.4) is 0 Å². The van der Waals surface area contributed by atoms with Crippen LogP contribution in [0.1, 0.15) is 11.1 Å². The van der Waals surface area contributed by atoms with E-state index in [-0.39, 0.29) is 9.80 Å². The number of thioether (sulfide) groups is 1. The third-order valence-electron chi connectivity index (χ3n) is 4.70. The van der Waals surface area contributed by atoms with Gasteiger partial charge in [-0.05, 0) is 35.9 Å². The first-order chi connectivity index (χ1) is 13.5. The minimum Gasteiger partial charge on any atom is -0.496 e. The summed E-state index contributed by atoms with van der Waals surface area (Å²) in [5.74, 6) is 3.07. The smallest absolute Gasteiger partial charge is 0.216 e. The number of nitriles is 1. The van der Waals surface area contributed by atoms with Gasteiger partial charge in [-0.3, -0.25) is 0 Å². The van der Waals surface area contributed by atoms with Gasteiger partial charge in [0, 0.05) is 17.1 Å². The molecule has 1 heterocycles. The van der Waals surface area contributed by atoms with Crippen LogP contribution >= 0.6 is 11.8 Å². The molecule has 0 aromatic heterocycles. The summed E-state index contributed by atoms with van der Waals surface area (Å²) in [6.07, 6.45) is 1.44. The number of hydrogen-bond donors (Lipinski definition) is 1. The Labute approximate surface area is 170 Å². The van der Waals surface area contributed by atoms with E-state index in [4.69, 9.17) is 4.74 Å². The topological polar surface area (TPSA) is 71.6 Å². The van der Waals surface area contributed by atoms with E-state index in [1.165, 1.54) is 23.1 Å². The van der Waals surface area contributed by atoms with Gasteiger partial charge in [0.25, 0.3) is 0 Å². The SMILES string of the molecule is COc1ccc(C=C(C#N)S(=O)(=O)c2ccccc2)cc1C[NH+]1CCSCC1. The highest BCUT2D eigenvalue weighted by Crippen LogP contribution is 2.24. The minimum absolute atomic E-state index is 0.117. The predicted octanol–water partition coefficient (Wildman–Crippen LogP) is 2.17. The standard InChI is InChI=1S/C21H22N2O3S2/c1-26-21-8-7-17(13-18(21)16-23-9-11-27-12-10-23)14-20(15-22)28(24,25)19-5-3-2-4-6-19/h2-8,13-14H,9-12,16H2,1H3/p+1. The van der Waals surface area contributed by atoms with Crippen LogP contribution in [0.5, 0.6) is 5.75 Å². The van der Waals surface area contributed by atoms with Gasteiger partial charge in [-0.2, -0.15) is 17.0 Å². The molecule has 0 aliphatic carbocycles. The highest BCUT2D eigenvalue weighted by Gasteiger charge is 2.21. The molecule has 0 amide bonds. The van der Waals surface area contributed by atoms with E-state index < -0.39 is 9.84 Å². The Balaban J connectivity index is 1.93. The Morgan fingerprint density at radius 2 is 1.93 bits per heavy atom. The zero-order chi connectivity index (χ0) is 20.0. The van der Waals surface area contributed by atoms with Gasteiger partial charge in [0.15, 0.2) is 0 Å². The number of methoxy groups -OCH3 is 1. The van der Waals surface area contributed by atoms with Gasteiger partial charge in [-0.25, -0.2) is 8.42 Å². The van der Waals surface area contributed by atoms with Crippen LogP contribution in [0.25, 0.3) is 6.08 Å². The summed E-state index contributed by atoms with van der Waals surface area (Å²) in [4.78, 5) is 1.33. The van der Waals surface area contributed by atoms with Crippen LogP contribution in [0.15, 0.2) is 58.3 Å². The average molecular weight is 416 g/mol. The molecular weight excluding hydrogens is 392 g/mol. The van der Waals surface area contributed by atoms with Crippen molar-refractivity contribution in [2.45, 2.75) is 11.4 Å². The van der Waals surface area contributed by atoms with Crippen molar-refractivity contribution in [2.24, 2.45) is 0 Å². The number of benzene rings is 2. The Hall–Kier alpha value is -2.27. The lowest BCUT2D eigenvalue weighted by Gasteiger charge is -2.24. The van der Waals surface area contributed by atoms with Crippen LogP contribution in [0.4, 0.5) is 0 Å². The van der Waals surface area contributed by atoms with E-state index in [9.17, 15) is 13.7 Å². The maximum Gasteiger partial charge on any atom is 0.216 e. The third-order valence-corrected chi connectivity index (χ3v) is 7.36. The average Bonchev–Trinajstić information content (AvgIpc) is 2.73. The van der Waals surface area contributed by atoms with Crippen LogP contribution < -0.4 is 9.64 Å². The molecule has 28 heavy (non-hydrogen) atoms. The molecule has 1 saturated heterocycles. The minimum atomic E-state index is -3.84. The Bertz CT molecular complexity index is 990. The second-order valence-electron chi connectivity index (χ2n) is 6.55. The lowest BCUT2D eigenvalue weighted by atomic mass is 10.1. The van der Waals surface area contributed by atoms with E-state index >= 15 is 0 Å². The zero-order valence-corrected chi connectivity index (χ0v) is 17.4. The van der Waals surface area contributed by atoms with Crippen molar-refractivity contribution in [2.75, 3.05) is 31.7 Å². The van der Waals surface area contributed by atoms with Gasteiger partial charge >= 0.3 is 0 Å². The van der Waals surface area contributed by atoms with Crippen molar-refractivity contribution in [3.05, 3.63) is 64.6 Å². The van der Waals surface area contributed by atoms with Gasteiger partial charge in [-0.15, -0.1) is 0 Å². The van der Waals surface area contributed by atoms with Gasteiger partial charge < -0.3 is 9.64 Å². The molecule has 0 atom stereocenters. The monoisotopic (exact) mass is 415 g/mol. The highest BCUT2D eigenvalue weighted by atomic mass is 32.2. The van der Waals surface area contributed by atoms with E-state index in [0.29, 0.717) is 5.56 Å². The third kappa shape index (κ3) is 4.76. The van der Waals surface area contributed by atoms with Crippen LogP contribution in [0, 0.1) is 11.3 Å².